The zero-order valence-electron chi connectivity index (χ0n) is 10.4. The fourth-order valence-electron chi connectivity index (χ4n) is 1.41. The van der Waals surface area contributed by atoms with E-state index in [9.17, 15) is 0 Å². The molecule has 0 saturated heterocycles. The maximum Gasteiger partial charge on any atom is 0.285 e. The van der Waals surface area contributed by atoms with Crippen LogP contribution in [-0.2, 0) is 4.74 Å². The van der Waals surface area contributed by atoms with Gasteiger partial charge in [0, 0.05) is 0 Å². The summed E-state index contributed by atoms with van der Waals surface area (Å²) < 4.78 is 16.0. The topological polar surface area (TPSA) is 27.7 Å². The highest BCUT2D eigenvalue weighted by Gasteiger charge is 2.03. The lowest BCUT2D eigenvalue weighted by molar-refractivity contribution is 0.0919. The zero-order valence-corrected chi connectivity index (χ0v) is 10.4. The van der Waals surface area contributed by atoms with Crippen LogP contribution in [0.2, 0.25) is 0 Å². The Labute approximate surface area is 112 Å². The predicted octanol–water partition coefficient (Wildman–Crippen LogP) is 4.10. The first kappa shape index (κ1) is 12.8. The van der Waals surface area contributed by atoms with Crippen LogP contribution in [0.15, 0.2) is 85.7 Å². The van der Waals surface area contributed by atoms with Crippen LogP contribution in [0, 0.1) is 0 Å². The molecule has 0 bridgehead atoms. The number of para-hydroxylation sites is 2. The third kappa shape index (κ3) is 4.24. The van der Waals surface area contributed by atoms with Crippen LogP contribution in [0.3, 0.4) is 0 Å². The molecule has 96 valence electrons. The smallest absolute Gasteiger partial charge is 0.285 e. The molecule has 2 rings (SSSR count). The van der Waals surface area contributed by atoms with Gasteiger partial charge in [0.25, 0.3) is 11.9 Å². The highest BCUT2D eigenvalue weighted by atomic mass is 16.7. The van der Waals surface area contributed by atoms with Crippen LogP contribution in [0.25, 0.3) is 0 Å². The van der Waals surface area contributed by atoms with E-state index >= 15 is 0 Å². The van der Waals surface area contributed by atoms with Gasteiger partial charge < -0.3 is 14.2 Å². The van der Waals surface area contributed by atoms with Gasteiger partial charge in [0.05, 0.1) is 0 Å². The lowest BCUT2D eigenvalue weighted by atomic mass is 10.3. The molecule has 0 unspecified atom stereocenters. The number of hydrogen-bond acceptors (Lipinski definition) is 3. The first-order valence-electron chi connectivity index (χ1n) is 5.75. The molecule has 19 heavy (non-hydrogen) atoms. The summed E-state index contributed by atoms with van der Waals surface area (Å²) >= 11 is 0. The molecule has 0 aliphatic rings. The van der Waals surface area contributed by atoms with E-state index in [1.165, 1.54) is 0 Å². The van der Waals surface area contributed by atoms with Crippen molar-refractivity contribution in [3.63, 3.8) is 0 Å². The first-order valence-corrected chi connectivity index (χ1v) is 5.75. The van der Waals surface area contributed by atoms with Crippen molar-refractivity contribution >= 4 is 0 Å². The van der Waals surface area contributed by atoms with Crippen LogP contribution in [0.4, 0.5) is 0 Å². The van der Waals surface area contributed by atoms with Crippen molar-refractivity contribution in [2.24, 2.45) is 0 Å². The Bertz CT molecular complexity index is 495. The molecule has 0 amide bonds. The van der Waals surface area contributed by atoms with Gasteiger partial charge in [0.2, 0.25) is 0 Å². The highest BCUT2D eigenvalue weighted by molar-refractivity contribution is 5.23. The Kier molecular flexibility index (Phi) is 4.24. The second-order valence-electron chi connectivity index (χ2n) is 3.68. The minimum absolute atomic E-state index is 0.104. The van der Waals surface area contributed by atoms with Crippen molar-refractivity contribution in [1.82, 2.24) is 0 Å². The molecule has 0 fully saturated rings. The number of rotatable bonds is 6. The molecule has 3 nitrogen and oxygen atoms in total. The number of benzene rings is 2. The van der Waals surface area contributed by atoms with Gasteiger partial charge in [-0.05, 0) is 37.4 Å². The van der Waals surface area contributed by atoms with Gasteiger partial charge >= 0.3 is 0 Å². The maximum atomic E-state index is 5.37. The summed E-state index contributed by atoms with van der Waals surface area (Å²) in [5.74, 6) is 1.49. The van der Waals surface area contributed by atoms with Gasteiger partial charge in [-0.1, -0.05) is 36.4 Å². The van der Waals surface area contributed by atoms with Crippen LogP contribution in [0.1, 0.15) is 0 Å². The molecule has 0 aliphatic carbocycles. The van der Waals surface area contributed by atoms with Crippen LogP contribution in [0.5, 0.6) is 11.5 Å². The Balaban J connectivity index is 1.84. The predicted molar refractivity (Wildman–Crippen MR) is 73.5 cm³/mol. The van der Waals surface area contributed by atoms with Crippen molar-refractivity contribution in [2.75, 3.05) is 0 Å². The minimum Gasteiger partial charge on any atom is -0.426 e. The van der Waals surface area contributed by atoms with Crippen molar-refractivity contribution in [3.8, 4) is 11.5 Å². The van der Waals surface area contributed by atoms with Crippen LogP contribution in [-0.4, -0.2) is 0 Å². The summed E-state index contributed by atoms with van der Waals surface area (Å²) in [4.78, 5) is 0. The van der Waals surface area contributed by atoms with E-state index in [0.717, 1.165) is 0 Å². The molecule has 0 heterocycles. The minimum atomic E-state index is 0.104. The van der Waals surface area contributed by atoms with Gasteiger partial charge in [-0.3, -0.25) is 0 Å². The normalized spacial score (nSPS) is 9.47. The Morgan fingerprint density at radius 1 is 0.632 bits per heavy atom. The lowest BCUT2D eigenvalue weighted by Crippen LogP contribution is -2.03. The molecule has 0 aromatic heterocycles. The average Bonchev–Trinajstić information content (AvgIpc) is 2.40. The van der Waals surface area contributed by atoms with E-state index in [2.05, 4.69) is 13.2 Å². The Morgan fingerprint density at radius 3 is 1.37 bits per heavy atom. The quantitative estimate of drug-likeness (QED) is 0.726. The van der Waals surface area contributed by atoms with Gasteiger partial charge in [-0.25, -0.2) is 0 Å². The van der Waals surface area contributed by atoms with Crippen molar-refractivity contribution in [1.29, 1.82) is 0 Å². The number of ether oxygens (including phenoxy) is 3. The Morgan fingerprint density at radius 2 is 1.00 bits per heavy atom. The van der Waals surface area contributed by atoms with Gasteiger partial charge in [-0.2, -0.15) is 0 Å². The van der Waals surface area contributed by atoms with Gasteiger partial charge in [0.1, 0.15) is 11.5 Å². The summed E-state index contributed by atoms with van der Waals surface area (Å²) in [6.45, 7) is 7.29. The molecule has 0 spiro atoms. The second kappa shape index (κ2) is 6.31. The fraction of sp³-hybridized carbons (Fsp3) is 0. The van der Waals surface area contributed by atoms with E-state index in [1.54, 1.807) is 24.3 Å². The second-order valence-corrected chi connectivity index (χ2v) is 3.68. The van der Waals surface area contributed by atoms with Crippen LogP contribution < -0.4 is 9.47 Å². The molecule has 0 saturated carbocycles. The summed E-state index contributed by atoms with van der Waals surface area (Å²) in [5, 5.41) is 0. The van der Waals surface area contributed by atoms with Crippen LogP contribution >= 0.6 is 0 Å². The monoisotopic (exact) mass is 254 g/mol. The molecular formula is C16H14O3. The Hall–Kier alpha value is -2.68. The third-order valence-corrected chi connectivity index (χ3v) is 2.18. The summed E-state index contributed by atoms with van der Waals surface area (Å²) in [6, 6.07) is 18.4. The summed E-state index contributed by atoms with van der Waals surface area (Å²) in [6.07, 6.45) is 0. The van der Waals surface area contributed by atoms with E-state index < -0.39 is 0 Å². The van der Waals surface area contributed by atoms with Crippen molar-refractivity contribution in [3.05, 3.63) is 85.7 Å². The van der Waals surface area contributed by atoms with Crippen molar-refractivity contribution in [2.45, 2.75) is 0 Å². The maximum absolute atomic E-state index is 5.37. The lowest BCUT2D eigenvalue weighted by Gasteiger charge is -2.12. The standard InChI is InChI=1S/C16H14O3/c1-13(18-15-9-5-3-6-10-15)17-14(2)19-16-11-7-4-8-12-16/h3-12H,1-2H2. The molecule has 0 radical (unpaired) electrons. The highest BCUT2D eigenvalue weighted by Crippen LogP contribution is 2.17. The SMILES string of the molecule is C=C(OC(=C)Oc1ccccc1)Oc1ccccc1. The van der Waals surface area contributed by atoms with Gasteiger partial charge in [0.15, 0.2) is 0 Å². The molecule has 2 aromatic carbocycles. The molecule has 2 aromatic rings. The first-order chi connectivity index (χ1) is 9.24. The van der Waals surface area contributed by atoms with E-state index in [1.807, 2.05) is 36.4 Å². The zero-order chi connectivity index (χ0) is 13.5. The molecule has 0 N–H and O–H groups in total. The van der Waals surface area contributed by atoms with E-state index in [0.29, 0.717) is 11.5 Å². The molecule has 3 heteroatoms. The molecular weight excluding hydrogens is 240 g/mol. The third-order valence-electron chi connectivity index (χ3n) is 2.18. The molecule has 0 atom stereocenters. The van der Waals surface area contributed by atoms with E-state index in [-0.39, 0.29) is 11.9 Å². The summed E-state index contributed by atoms with van der Waals surface area (Å²) in [5.41, 5.74) is 0. The molecule has 0 aliphatic heterocycles. The summed E-state index contributed by atoms with van der Waals surface area (Å²) in [7, 11) is 0. The number of hydrogen-bond donors (Lipinski definition) is 0. The largest absolute Gasteiger partial charge is 0.426 e. The van der Waals surface area contributed by atoms with E-state index in [4.69, 9.17) is 14.2 Å². The van der Waals surface area contributed by atoms with Crippen molar-refractivity contribution < 1.29 is 14.2 Å². The average molecular weight is 254 g/mol. The van der Waals surface area contributed by atoms with Gasteiger partial charge in [-0.15, -0.1) is 0 Å². The fourth-order valence-corrected chi connectivity index (χ4v) is 1.41.